The Morgan fingerprint density at radius 3 is 2.47 bits per heavy atom. The van der Waals surface area contributed by atoms with Crippen LogP contribution in [-0.2, 0) is 9.59 Å². The monoisotopic (exact) mass is 446 g/mol. The smallest absolute Gasteiger partial charge is 0.328 e. The maximum atomic E-state index is 12.9. The highest BCUT2D eigenvalue weighted by Gasteiger charge is 2.22. The van der Waals surface area contributed by atoms with Gasteiger partial charge >= 0.3 is 11.8 Å². The number of carbonyl (C=O) groups excluding carboxylic acids is 3. The minimum absolute atomic E-state index is 0.108. The van der Waals surface area contributed by atoms with E-state index in [-0.39, 0.29) is 11.7 Å². The van der Waals surface area contributed by atoms with Crippen molar-refractivity contribution < 1.29 is 14.4 Å². The number of rotatable bonds is 5. The van der Waals surface area contributed by atoms with E-state index in [4.69, 9.17) is 23.2 Å². The lowest BCUT2D eigenvalue weighted by Crippen LogP contribution is -2.43. The molecule has 1 aromatic heterocycles. The molecule has 3 rings (SSSR count). The third-order valence-corrected chi connectivity index (χ3v) is 5.09. The molecule has 1 atom stereocenters. The number of amides is 3. The van der Waals surface area contributed by atoms with E-state index in [1.807, 2.05) is 6.92 Å². The Kier molecular flexibility index (Phi) is 6.64. The van der Waals surface area contributed by atoms with Crippen LogP contribution < -0.4 is 16.1 Å². The van der Waals surface area contributed by atoms with Crippen molar-refractivity contribution in [3.63, 3.8) is 0 Å². The first-order chi connectivity index (χ1) is 14.3. The summed E-state index contributed by atoms with van der Waals surface area (Å²) in [6, 6.07) is 13.1. The molecule has 0 saturated carbocycles. The van der Waals surface area contributed by atoms with Gasteiger partial charge in [-0.15, -0.1) is 0 Å². The van der Waals surface area contributed by atoms with E-state index in [1.54, 1.807) is 55.5 Å². The molecule has 0 aliphatic carbocycles. The molecule has 0 spiro atoms. The topological polar surface area (TPSA) is 92.2 Å². The minimum atomic E-state index is -0.894. The van der Waals surface area contributed by atoms with Gasteiger partial charge in [0.15, 0.2) is 0 Å². The van der Waals surface area contributed by atoms with Crippen molar-refractivity contribution >= 4 is 57.5 Å². The first-order valence-electron chi connectivity index (χ1n) is 9.29. The molecule has 3 amide bonds. The van der Waals surface area contributed by atoms with E-state index in [0.717, 1.165) is 0 Å². The van der Waals surface area contributed by atoms with Crippen molar-refractivity contribution in [2.24, 2.45) is 0 Å². The van der Waals surface area contributed by atoms with E-state index in [0.29, 0.717) is 33.1 Å². The van der Waals surface area contributed by atoms with Gasteiger partial charge in [-0.1, -0.05) is 42.3 Å². The van der Waals surface area contributed by atoms with Crippen molar-refractivity contribution in [1.82, 2.24) is 9.99 Å². The van der Waals surface area contributed by atoms with Gasteiger partial charge in [0.1, 0.15) is 5.69 Å². The van der Waals surface area contributed by atoms with Crippen LogP contribution in [0.2, 0.25) is 10.0 Å². The lowest BCUT2D eigenvalue weighted by molar-refractivity contribution is -0.137. The third kappa shape index (κ3) is 4.75. The maximum Gasteiger partial charge on any atom is 0.328 e. The Labute approximate surface area is 183 Å². The van der Waals surface area contributed by atoms with Crippen LogP contribution in [0, 0.1) is 0 Å². The number of fused-ring (bicyclic) bond motifs is 1. The Morgan fingerprint density at radius 1 is 1.03 bits per heavy atom. The third-order valence-electron chi connectivity index (χ3n) is 4.53. The first-order valence-corrected chi connectivity index (χ1v) is 10.0. The number of anilines is 1. The number of halogens is 2. The lowest BCUT2D eigenvalue weighted by atomic mass is 10.2. The highest BCUT2D eigenvalue weighted by Crippen LogP contribution is 2.25. The van der Waals surface area contributed by atoms with E-state index in [2.05, 4.69) is 16.1 Å². The van der Waals surface area contributed by atoms with Gasteiger partial charge in [-0.3, -0.25) is 19.8 Å². The zero-order valence-electron chi connectivity index (χ0n) is 16.3. The summed E-state index contributed by atoms with van der Waals surface area (Å²) in [5, 5.41) is 6.76. The second kappa shape index (κ2) is 9.19. The number of nitrogens with one attached hydrogen (secondary N) is 3. The number of hydrogen-bond donors (Lipinski definition) is 3. The normalized spacial score (nSPS) is 11.7. The summed E-state index contributed by atoms with van der Waals surface area (Å²) in [5.74, 6) is -2.20. The van der Waals surface area contributed by atoms with Gasteiger partial charge in [0.25, 0.3) is 5.91 Å². The average Bonchev–Trinajstić information content (AvgIpc) is 3.06. The molecule has 0 bridgehead atoms. The van der Waals surface area contributed by atoms with Crippen LogP contribution in [0.4, 0.5) is 5.69 Å². The van der Waals surface area contributed by atoms with Crippen molar-refractivity contribution in [3.8, 4) is 0 Å². The van der Waals surface area contributed by atoms with Gasteiger partial charge in [0.2, 0.25) is 0 Å². The highest BCUT2D eigenvalue weighted by molar-refractivity contribution is 6.38. The van der Waals surface area contributed by atoms with Gasteiger partial charge in [-0.25, -0.2) is 4.68 Å². The van der Waals surface area contributed by atoms with Crippen molar-refractivity contribution in [2.75, 3.05) is 10.7 Å². The molecule has 0 unspecified atom stereocenters. The Balaban J connectivity index is 1.95. The summed E-state index contributed by atoms with van der Waals surface area (Å²) >= 11 is 12.2. The molecule has 1 heterocycles. The predicted molar refractivity (Wildman–Crippen MR) is 119 cm³/mol. The fraction of sp³-hybridized carbons (Fsp3) is 0.190. The summed E-state index contributed by atoms with van der Waals surface area (Å²) in [4.78, 5) is 37.5. The van der Waals surface area contributed by atoms with Crippen LogP contribution in [-0.4, -0.2) is 28.4 Å². The standard InChI is InChI=1S/C21H20Cl2N4O3/c1-3-12(2)24-20(29)21(30)26-27-17-9-8-14(22)10-13(17)11-18(27)19(28)25-16-7-5-4-6-15(16)23/h4-12H,3H2,1-2H3,(H,24,29)(H,25,28)(H,26,30)/t12-/m0/s1. The molecule has 0 fully saturated rings. The Bertz CT molecular complexity index is 1130. The summed E-state index contributed by atoms with van der Waals surface area (Å²) in [6.07, 6.45) is 0.676. The number of aromatic nitrogens is 1. The van der Waals surface area contributed by atoms with Gasteiger partial charge in [-0.05, 0) is 49.7 Å². The van der Waals surface area contributed by atoms with E-state index < -0.39 is 17.7 Å². The number of nitrogens with zero attached hydrogens (tertiary/aromatic N) is 1. The second-order valence-corrected chi connectivity index (χ2v) is 7.57. The lowest BCUT2D eigenvalue weighted by Gasteiger charge is -2.14. The zero-order valence-corrected chi connectivity index (χ0v) is 17.8. The zero-order chi connectivity index (χ0) is 21.8. The molecule has 0 saturated heterocycles. The number of carbonyl (C=O) groups is 3. The van der Waals surface area contributed by atoms with Crippen LogP contribution in [0.3, 0.4) is 0 Å². The maximum absolute atomic E-state index is 12.9. The number of hydrogen-bond acceptors (Lipinski definition) is 3. The van der Waals surface area contributed by atoms with Gasteiger partial charge in [0, 0.05) is 16.5 Å². The minimum Gasteiger partial charge on any atom is -0.345 e. The molecular weight excluding hydrogens is 427 g/mol. The Morgan fingerprint density at radius 2 is 1.77 bits per heavy atom. The molecule has 0 aliphatic heterocycles. The Hall–Kier alpha value is -3.03. The van der Waals surface area contributed by atoms with Gasteiger partial charge in [0.05, 0.1) is 16.2 Å². The molecule has 3 aromatic rings. The van der Waals surface area contributed by atoms with Gasteiger partial charge < -0.3 is 10.6 Å². The van der Waals surface area contributed by atoms with E-state index in [1.165, 1.54) is 4.68 Å². The van der Waals surface area contributed by atoms with E-state index >= 15 is 0 Å². The van der Waals surface area contributed by atoms with Crippen molar-refractivity contribution in [2.45, 2.75) is 26.3 Å². The van der Waals surface area contributed by atoms with Crippen LogP contribution in [0.1, 0.15) is 30.8 Å². The number of para-hydroxylation sites is 1. The molecule has 156 valence electrons. The average molecular weight is 447 g/mol. The molecular formula is C21H20Cl2N4O3. The summed E-state index contributed by atoms with van der Waals surface area (Å²) in [5.41, 5.74) is 3.52. The molecule has 0 radical (unpaired) electrons. The van der Waals surface area contributed by atoms with Crippen molar-refractivity contribution in [3.05, 3.63) is 64.3 Å². The van der Waals surface area contributed by atoms with Crippen LogP contribution >= 0.6 is 23.2 Å². The SMILES string of the molecule is CC[C@H](C)NC(=O)C(=O)Nn1c(C(=O)Nc2ccccc2Cl)cc2cc(Cl)ccc21. The fourth-order valence-corrected chi connectivity index (χ4v) is 3.13. The molecule has 7 nitrogen and oxygen atoms in total. The molecule has 0 aliphatic rings. The predicted octanol–water partition coefficient (Wildman–Crippen LogP) is 4.19. The van der Waals surface area contributed by atoms with E-state index in [9.17, 15) is 14.4 Å². The summed E-state index contributed by atoms with van der Waals surface area (Å²) < 4.78 is 1.26. The highest BCUT2D eigenvalue weighted by atomic mass is 35.5. The van der Waals surface area contributed by atoms with Crippen LogP contribution in [0.5, 0.6) is 0 Å². The first kappa shape index (κ1) is 21.7. The largest absolute Gasteiger partial charge is 0.345 e. The van der Waals surface area contributed by atoms with Gasteiger partial charge in [-0.2, -0.15) is 0 Å². The quantitative estimate of drug-likeness (QED) is 0.513. The summed E-state index contributed by atoms with van der Waals surface area (Å²) in [7, 11) is 0. The van der Waals surface area contributed by atoms with Crippen molar-refractivity contribution in [1.29, 1.82) is 0 Å². The second-order valence-electron chi connectivity index (χ2n) is 6.73. The number of benzene rings is 2. The molecule has 3 N–H and O–H groups in total. The molecule has 30 heavy (non-hydrogen) atoms. The summed E-state index contributed by atoms with van der Waals surface area (Å²) in [6.45, 7) is 3.68. The molecule has 2 aromatic carbocycles. The molecule has 9 heteroatoms. The van der Waals surface area contributed by atoms with Crippen LogP contribution in [0.15, 0.2) is 48.5 Å². The fourth-order valence-electron chi connectivity index (χ4n) is 2.77. The van der Waals surface area contributed by atoms with Crippen LogP contribution in [0.25, 0.3) is 10.9 Å².